The monoisotopic (exact) mass is 582 g/mol. The van der Waals surface area contributed by atoms with Crippen LogP contribution in [0, 0.1) is 9.49 Å². The number of hydrogen-bond donors (Lipinski definition) is 0. The zero-order valence-electron chi connectivity index (χ0n) is 18.2. The van der Waals surface area contributed by atoms with Gasteiger partial charge in [-0.25, -0.2) is 8.42 Å². The SMILES string of the molecule is CC(C)Sc1ccc(S(=O)(=O)N2CCC(Cc3cn(CC=O)c4ccc(I)cc34)C2)cc1. The maximum absolute atomic E-state index is 13.2. The number of rotatable bonds is 8. The van der Waals surface area contributed by atoms with Crippen molar-refractivity contribution < 1.29 is 13.2 Å². The van der Waals surface area contributed by atoms with Gasteiger partial charge in [0, 0.05) is 43.9 Å². The van der Waals surface area contributed by atoms with Gasteiger partial charge in [0.2, 0.25) is 10.0 Å². The molecule has 0 spiro atoms. The average Bonchev–Trinajstić information content (AvgIpc) is 3.34. The Bertz CT molecular complexity index is 1220. The van der Waals surface area contributed by atoms with Crippen molar-refractivity contribution in [2.24, 2.45) is 5.92 Å². The normalized spacial score (nSPS) is 17.4. The van der Waals surface area contributed by atoms with E-state index in [0.717, 1.165) is 38.5 Å². The van der Waals surface area contributed by atoms with E-state index in [1.54, 1.807) is 28.2 Å². The van der Waals surface area contributed by atoms with Gasteiger partial charge in [-0.3, -0.25) is 0 Å². The van der Waals surface area contributed by atoms with Crippen LogP contribution in [0.3, 0.4) is 0 Å². The molecule has 32 heavy (non-hydrogen) atoms. The van der Waals surface area contributed by atoms with E-state index < -0.39 is 10.0 Å². The van der Waals surface area contributed by atoms with Gasteiger partial charge >= 0.3 is 0 Å². The molecule has 0 amide bonds. The molecule has 0 saturated carbocycles. The summed E-state index contributed by atoms with van der Waals surface area (Å²) in [5.74, 6) is 0.258. The van der Waals surface area contributed by atoms with Crippen molar-refractivity contribution >= 4 is 61.6 Å². The lowest BCUT2D eigenvalue weighted by atomic mass is 9.98. The lowest BCUT2D eigenvalue weighted by Gasteiger charge is -2.17. The first-order chi connectivity index (χ1) is 15.3. The van der Waals surface area contributed by atoms with Crippen LogP contribution in [-0.2, 0) is 27.8 Å². The highest BCUT2D eigenvalue weighted by Crippen LogP contribution is 2.31. The standard InChI is InChI=1S/C24H27IN2O3S2/c1-17(2)31-21-4-6-22(7-5-21)32(29,30)27-10-9-18(15-27)13-19-16-26(11-12-28)24-8-3-20(25)14-23(19)24/h3-8,12,14,16-18H,9-11,13,15H2,1-2H3. The van der Waals surface area contributed by atoms with E-state index >= 15 is 0 Å². The highest BCUT2D eigenvalue weighted by atomic mass is 127. The van der Waals surface area contributed by atoms with E-state index in [1.165, 1.54) is 5.56 Å². The number of benzene rings is 2. The molecule has 1 aliphatic rings. The van der Waals surface area contributed by atoms with Crippen molar-refractivity contribution in [3.63, 3.8) is 0 Å². The quantitative estimate of drug-likeness (QED) is 0.208. The fourth-order valence-electron chi connectivity index (χ4n) is 4.34. The molecule has 0 N–H and O–H groups in total. The molecule has 1 aliphatic heterocycles. The van der Waals surface area contributed by atoms with Crippen LogP contribution < -0.4 is 0 Å². The number of aldehydes is 1. The van der Waals surface area contributed by atoms with Crippen molar-refractivity contribution in [2.45, 2.75) is 48.3 Å². The fraction of sp³-hybridized carbons (Fsp3) is 0.375. The van der Waals surface area contributed by atoms with Gasteiger partial charge in [-0.15, -0.1) is 11.8 Å². The van der Waals surface area contributed by atoms with Gasteiger partial charge in [0.25, 0.3) is 0 Å². The third-order valence-electron chi connectivity index (χ3n) is 5.79. The van der Waals surface area contributed by atoms with Gasteiger partial charge in [0.1, 0.15) is 6.29 Å². The third-order valence-corrected chi connectivity index (χ3v) is 9.35. The van der Waals surface area contributed by atoms with Gasteiger partial charge in [-0.05, 0) is 89.4 Å². The molecular weight excluding hydrogens is 555 g/mol. The minimum absolute atomic E-state index is 0.258. The Morgan fingerprint density at radius 1 is 1.19 bits per heavy atom. The summed E-state index contributed by atoms with van der Waals surface area (Å²) in [6.07, 6.45) is 4.61. The van der Waals surface area contributed by atoms with Gasteiger partial charge in [0.15, 0.2) is 0 Å². The summed E-state index contributed by atoms with van der Waals surface area (Å²) in [6, 6.07) is 13.5. The Labute approximate surface area is 207 Å². The third kappa shape index (κ3) is 5.08. The first-order valence-electron chi connectivity index (χ1n) is 10.8. The number of aromatic nitrogens is 1. The van der Waals surface area contributed by atoms with Crippen LogP contribution in [-0.4, -0.2) is 41.9 Å². The Morgan fingerprint density at radius 3 is 2.62 bits per heavy atom. The molecule has 1 atom stereocenters. The largest absolute Gasteiger partial charge is 0.340 e. The van der Waals surface area contributed by atoms with E-state index in [9.17, 15) is 13.2 Å². The molecule has 0 bridgehead atoms. The summed E-state index contributed by atoms with van der Waals surface area (Å²) in [4.78, 5) is 12.6. The summed E-state index contributed by atoms with van der Waals surface area (Å²) in [5.41, 5.74) is 2.23. The second-order valence-electron chi connectivity index (χ2n) is 8.49. The molecule has 1 unspecified atom stereocenters. The maximum atomic E-state index is 13.2. The molecular formula is C24H27IN2O3S2. The summed E-state index contributed by atoms with van der Waals surface area (Å²) in [6.45, 7) is 5.64. The van der Waals surface area contributed by atoms with Crippen LogP contribution in [0.1, 0.15) is 25.8 Å². The van der Waals surface area contributed by atoms with E-state index in [2.05, 4.69) is 54.8 Å². The molecule has 8 heteroatoms. The number of nitrogens with zero attached hydrogens (tertiary/aromatic N) is 2. The smallest absolute Gasteiger partial charge is 0.243 e. The summed E-state index contributed by atoms with van der Waals surface area (Å²) >= 11 is 4.03. The molecule has 1 fully saturated rings. The molecule has 0 aliphatic carbocycles. The predicted molar refractivity (Wildman–Crippen MR) is 139 cm³/mol. The van der Waals surface area contributed by atoms with E-state index in [-0.39, 0.29) is 5.92 Å². The summed E-state index contributed by atoms with van der Waals surface area (Å²) in [7, 11) is -3.49. The molecule has 170 valence electrons. The van der Waals surface area contributed by atoms with Gasteiger partial charge in [-0.2, -0.15) is 4.31 Å². The number of halogens is 1. The number of carbonyl (C=O) groups is 1. The van der Waals surface area contributed by atoms with Crippen LogP contribution in [0.2, 0.25) is 0 Å². The first kappa shape index (κ1) is 23.8. The van der Waals surface area contributed by atoms with Gasteiger partial charge in [0.05, 0.1) is 11.4 Å². The summed E-state index contributed by atoms with van der Waals surface area (Å²) < 4.78 is 31.1. The lowest BCUT2D eigenvalue weighted by Crippen LogP contribution is -2.29. The topological polar surface area (TPSA) is 59.4 Å². The molecule has 5 nitrogen and oxygen atoms in total. The zero-order valence-corrected chi connectivity index (χ0v) is 22.0. The summed E-state index contributed by atoms with van der Waals surface area (Å²) in [5, 5.41) is 1.61. The predicted octanol–water partition coefficient (Wildman–Crippen LogP) is 5.20. The van der Waals surface area contributed by atoms with Crippen LogP contribution in [0.4, 0.5) is 0 Å². The van der Waals surface area contributed by atoms with Crippen molar-refractivity contribution in [1.82, 2.24) is 8.87 Å². The Hall–Kier alpha value is -1.36. The number of hydrogen-bond acceptors (Lipinski definition) is 4. The number of fused-ring (bicyclic) bond motifs is 1. The van der Waals surface area contributed by atoms with Crippen molar-refractivity contribution in [3.05, 3.63) is 57.8 Å². The second-order valence-corrected chi connectivity index (χ2v) is 13.3. The fourth-order valence-corrected chi connectivity index (χ4v) is 7.20. The minimum Gasteiger partial charge on any atom is -0.340 e. The Kier molecular flexibility index (Phi) is 7.33. The zero-order chi connectivity index (χ0) is 22.9. The van der Waals surface area contributed by atoms with E-state index in [1.807, 2.05) is 22.8 Å². The second kappa shape index (κ2) is 9.87. The molecule has 1 saturated heterocycles. The van der Waals surface area contributed by atoms with Crippen molar-refractivity contribution in [3.8, 4) is 0 Å². The molecule has 0 radical (unpaired) electrons. The average molecular weight is 583 g/mol. The Morgan fingerprint density at radius 2 is 1.94 bits per heavy atom. The molecule has 1 aromatic heterocycles. The highest BCUT2D eigenvalue weighted by Gasteiger charge is 2.33. The molecule has 3 aromatic rings. The van der Waals surface area contributed by atoms with Gasteiger partial charge in [-0.1, -0.05) is 13.8 Å². The van der Waals surface area contributed by atoms with E-state index in [0.29, 0.717) is 29.8 Å². The maximum Gasteiger partial charge on any atom is 0.243 e. The molecule has 2 heterocycles. The van der Waals surface area contributed by atoms with Crippen LogP contribution in [0.15, 0.2) is 58.5 Å². The number of carbonyl (C=O) groups excluding carboxylic acids is 1. The van der Waals surface area contributed by atoms with Crippen LogP contribution >= 0.6 is 34.4 Å². The lowest BCUT2D eigenvalue weighted by molar-refractivity contribution is -0.108. The Balaban J connectivity index is 1.50. The number of thioether (sulfide) groups is 1. The van der Waals surface area contributed by atoms with Crippen LogP contribution in [0.25, 0.3) is 10.9 Å². The van der Waals surface area contributed by atoms with Gasteiger partial charge < -0.3 is 9.36 Å². The van der Waals surface area contributed by atoms with E-state index in [4.69, 9.17) is 0 Å². The number of sulfonamides is 1. The van der Waals surface area contributed by atoms with Crippen molar-refractivity contribution in [2.75, 3.05) is 13.1 Å². The molecule has 4 rings (SSSR count). The molecule has 2 aromatic carbocycles. The first-order valence-corrected chi connectivity index (χ1v) is 14.2. The highest BCUT2D eigenvalue weighted by molar-refractivity contribution is 14.1. The van der Waals surface area contributed by atoms with Crippen LogP contribution in [0.5, 0.6) is 0 Å². The minimum atomic E-state index is -3.49. The van der Waals surface area contributed by atoms with Crippen molar-refractivity contribution in [1.29, 1.82) is 0 Å².